The number of aliphatic hydroxyl groups is 1. The molecule has 3 rings (SSSR count). The Balaban J connectivity index is 1.85. The zero-order valence-corrected chi connectivity index (χ0v) is 27.5. The minimum atomic E-state index is -4.47. The molecule has 1 heterocycles. The molecule has 1 fully saturated rings. The number of hydrogen-bond acceptors (Lipinski definition) is 6. The third-order valence-electron chi connectivity index (χ3n) is 8.70. The number of benzene rings is 1. The van der Waals surface area contributed by atoms with E-state index in [1.165, 1.54) is 29.5 Å². The molecule has 0 aromatic heterocycles. The Hall–Kier alpha value is -3.06. The zero-order valence-electron chi connectivity index (χ0n) is 27.5. The monoisotopic (exact) mass is 656 g/mol. The first-order valence-corrected chi connectivity index (χ1v) is 16.5. The number of halogens is 3. The Morgan fingerprint density at radius 1 is 1.11 bits per heavy atom. The van der Waals surface area contributed by atoms with Crippen molar-refractivity contribution in [1.82, 2.24) is 15.1 Å². The minimum Gasteiger partial charge on any atom is -0.490 e. The van der Waals surface area contributed by atoms with E-state index in [0.29, 0.717) is 19.6 Å². The van der Waals surface area contributed by atoms with Gasteiger partial charge in [0, 0.05) is 50.8 Å². The highest BCUT2D eigenvalue weighted by atomic mass is 19.4. The van der Waals surface area contributed by atoms with Crippen molar-refractivity contribution in [2.24, 2.45) is 5.92 Å². The van der Waals surface area contributed by atoms with Gasteiger partial charge in [0.25, 0.3) is 5.91 Å². The number of hydrogen-bond donors (Lipinski definition) is 3. The van der Waals surface area contributed by atoms with E-state index < -0.39 is 43.0 Å². The van der Waals surface area contributed by atoms with Gasteiger partial charge in [0.1, 0.15) is 5.75 Å². The summed E-state index contributed by atoms with van der Waals surface area (Å²) in [5.41, 5.74) is 0.277. The van der Waals surface area contributed by atoms with Gasteiger partial charge in [0.15, 0.2) is 0 Å². The van der Waals surface area contributed by atoms with Gasteiger partial charge in [-0.1, -0.05) is 26.2 Å². The van der Waals surface area contributed by atoms with Gasteiger partial charge in [-0.15, -0.1) is 0 Å². The largest absolute Gasteiger partial charge is 0.490 e. The van der Waals surface area contributed by atoms with Crippen LogP contribution < -0.4 is 15.4 Å². The van der Waals surface area contributed by atoms with Crippen LogP contribution in [0.15, 0.2) is 18.2 Å². The Morgan fingerprint density at radius 2 is 1.80 bits per heavy atom. The predicted octanol–water partition coefficient (Wildman–Crippen LogP) is 5.74. The van der Waals surface area contributed by atoms with E-state index in [1.54, 1.807) is 18.9 Å². The van der Waals surface area contributed by atoms with Crippen LogP contribution in [0.2, 0.25) is 0 Å². The summed E-state index contributed by atoms with van der Waals surface area (Å²) in [5.74, 6) is -1.27. The van der Waals surface area contributed by atoms with Crippen LogP contribution in [0.3, 0.4) is 0 Å². The molecule has 1 aliphatic carbocycles. The maximum atomic E-state index is 14.2. The maximum Gasteiger partial charge on any atom is 0.389 e. The number of nitrogens with zero attached hydrogens (tertiary/aromatic N) is 2. The Bertz CT molecular complexity index is 1150. The van der Waals surface area contributed by atoms with E-state index in [-0.39, 0.29) is 54.2 Å². The molecule has 260 valence electrons. The molecule has 1 aliphatic heterocycles. The van der Waals surface area contributed by atoms with E-state index >= 15 is 0 Å². The Kier molecular flexibility index (Phi) is 14.4. The van der Waals surface area contributed by atoms with E-state index in [1.807, 2.05) is 13.8 Å². The number of anilines is 1. The van der Waals surface area contributed by atoms with Gasteiger partial charge in [-0.05, 0) is 64.2 Å². The molecule has 1 aromatic rings. The summed E-state index contributed by atoms with van der Waals surface area (Å²) in [4.78, 5) is 42.6. The summed E-state index contributed by atoms with van der Waals surface area (Å²) >= 11 is 0. The Labute approximate surface area is 270 Å². The van der Waals surface area contributed by atoms with Crippen LogP contribution in [-0.2, 0) is 9.53 Å². The van der Waals surface area contributed by atoms with E-state index in [9.17, 15) is 32.7 Å². The summed E-state index contributed by atoms with van der Waals surface area (Å²) in [7, 11) is 1.73. The normalized spacial score (nSPS) is 23.0. The highest BCUT2D eigenvalue weighted by Gasteiger charge is 2.32. The molecule has 10 nitrogen and oxygen atoms in total. The topological polar surface area (TPSA) is 120 Å². The number of nitrogens with one attached hydrogen (secondary N) is 2. The number of ether oxygens (including phenoxy) is 2. The number of amides is 4. The summed E-state index contributed by atoms with van der Waals surface area (Å²) in [5, 5.41) is 15.7. The molecule has 4 amide bonds. The summed E-state index contributed by atoms with van der Waals surface area (Å²) < 4.78 is 50.5. The zero-order chi connectivity index (χ0) is 33.9. The van der Waals surface area contributed by atoms with Crippen molar-refractivity contribution in [3.05, 3.63) is 23.8 Å². The lowest BCUT2D eigenvalue weighted by atomic mass is 9.96. The standard InChI is InChI=1S/C33H51F3N4O6/c1-22-19-40(23(2)21-41)31(43)27-18-26(37-30(42)15-16-33(34,35)36)13-14-28(27)46-24(3)10-8-9-17-45-29(22)20-39(4)32(44)38-25-11-6-5-7-12-25/h13-14,18,22-25,29,41H,5-12,15-17,19-21H2,1-4H3,(H,37,42)(H,38,44)/t22-,23-,24+,29-/m0/s1. The molecule has 0 saturated heterocycles. The molecule has 1 aromatic carbocycles. The summed E-state index contributed by atoms with van der Waals surface area (Å²) in [6.07, 6.45) is 0.402. The van der Waals surface area contributed by atoms with Gasteiger partial charge in [0.2, 0.25) is 5.91 Å². The van der Waals surface area contributed by atoms with Gasteiger partial charge >= 0.3 is 12.2 Å². The molecule has 46 heavy (non-hydrogen) atoms. The van der Waals surface area contributed by atoms with Crippen molar-refractivity contribution in [3.8, 4) is 5.75 Å². The molecule has 13 heteroatoms. The third-order valence-corrected chi connectivity index (χ3v) is 8.70. The smallest absolute Gasteiger partial charge is 0.389 e. The molecule has 0 spiro atoms. The van der Waals surface area contributed by atoms with Crippen LogP contribution in [0.1, 0.15) is 95.3 Å². The fourth-order valence-corrected chi connectivity index (χ4v) is 5.83. The van der Waals surface area contributed by atoms with Gasteiger partial charge in [-0.25, -0.2) is 4.79 Å². The van der Waals surface area contributed by atoms with E-state index in [4.69, 9.17) is 9.47 Å². The van der Waals surface area contributed by atoms with Crippen LogP contribution >= 0.6 is 0 Å². The minimum absolute atomic E-state index is 0.117. The predicted molar refractivity (Wildman–Crippen MR) is 169 cm³/mol. The second kappa shape index (κ2) is 17.7. The number of aliphatic hydroxyl groups excluding tert-OH is 1. The lowest BCUT2D eigenvalue weighted by molar-refractivity contribution is -0.142. The van der Waals surface area contributed by atoms with Crippen LogP contribution in [-0.4, -0.2) is 96.6 Å². The molecular weight excluding hydrogens is 605 g/mol. The SMILES string of the molecule is C[C@@H]1CCCCO[C@@H](CN(C)C(=O)NC2CCCCC2)[C@@H](C)CN([C@@H](C)CO)C(=O)c2cc(NC(=O)CCC(F)(F)F)ccc2O1. The average molecular weight is 657 g/mol. The summed E-state index contributed by atoms with van der Waals surface area (Å²) in [6.45, 7) is 6.15. The third kappa shape index (κ3) is 11.9. The number of carbonyl (C=O) groups is 3. The molecular formula is C33H51F3N4O6. The van der Waals surface area contributed by atoms with Crippen molar-refractivity contribution < 1.29 is 42.1 Å². The molecule has 0 bridgehead atoms. The van der Waals surface area contributed by atoms with Crippen LogP contribution in [0.25, 0.3) is 0 Å². The molecule has 3 N–H and O–H groups in total. The first-order chi connectivity index (χ1) is 21.8. The lowest BCUT2D eigenvalue weighted by Gasteiger charge is -2.36. The number of carbonyl (C=O) groups excluding carboxylic acids is 3. The first kappa shape index (κ1) is 37.4. The van der Waals surface area contributed by atoms with Crippen molar-refractivity contribution >= 4 is 23.5 Å². The quantitative estimate of drug-likeness (QED) is 0.329. The van der Waals surface area contributed by atoms with Gasteiger partial charge in [-0.3, -0.25) is 9.59 Å². The highest BCUT2D eigenvalue weighted by Crippen LogP contribution is 2.29. The molecule has 2 aliphatic rings. The van der Waals surface area contributed by atoms with Crippen LogP contribution in [0.5, 0.6) is 5.75 Å². The Morgan fingerprint density at radius 3 is 2.48 bits per heavy atom. The second-order valence-corrected chi connectivity index (χ2v) is 12.8. The van der Waals surface area contributed by atoms with E-state index in [2.05, 4.69) is 10.6 Å². The fourth-order valence-electron chi connectivity index (χ4n) is 5.83. The molecule has 0 radical (unpaired) electrons. The number of likely N-dealkylation sites (N-methyl/N-ethyl adjacent to an activating group) is 1. The second-order valence-electron chi connectivity index (χ2n) is 12.8. The van der Waals surface area contributed by atoms with Crippen LogP contribution in [0.4, 0.5) is 23.7 Å². The fraction of sp³-hybridized carbons (Fsp3) is 0.727. The number of fused-ring (bicyclic) bond motifs is 1. The highest BCUT2D eigenvalue weighted by molar-refractivity contribution is 5.99. The number of rotatable bonds is 8. The van der Waals surface area contributed by atoms with Gasteiger partial charge < -0.3 is 35.0 Å². The first-order valence-electron chi connectivity index (χ1n) is 16.5. The molecule has 0 unspecified atom stereocenters. The van der Waals surface area contributed by atoms with Crippen molar-refractivity contribution in [2.45, 2.75) is 115 Å². The van der Waals surface area contributed by atoms with Crippen molar-refractivity contribution in [3.63, 3.8) is 0 Å². The summed E-state index contributed by atoms with van der Waals surface area (Å²) in [6, 6.07) is 3.82. The van der Waals surface area contributed by atoms with E-state index in [0.717, 1.165) is 38.5 Å². The van der Waals surface area contributed by atoms with Crippen molar-refractivity contribution in [2.75, 3.05) is 38.7 Å². The molecule has 1 saturated carbocycles. The van der Waals surface area contributed by atoms with Gasteiger partial charge in [-0.2, -0.15) is 13.2 Å². The number of alkyl halides is 3. The maximum absolute atomic E-state index is 14.2. The molecule has 4 atom stereocenters. The lowest BCUT2D eigenvalue weighted by Crippen LogP contribution is -2.50. The number of urea groups is 1. The van der Waals surface area contributed by atoms with Gasteiger partial charge in [0.05, 0.1) is 36.8 Å². The van der Waals surface area contributed by atoms with Crippen molar-refractivity contribution in [1.29, 1.82) is 0 Å². The van der Waals surface area contributed by atoms with Crippen LogP contribution in [0, 0.1) is 5.92 Å². The average Bonchev–Trinajstić information content (AvgIpc) is 3.01.